The van der Waals surface area contributed by atoms with Gasteiger partial charge >= 0.3 is 0 Å². The molecule has 0 spiro atoms. The van der Waals surface area contributed by atoms with Crippen molar-refractivity contribution in [3.05, 3.63) is 65.7 Å². The Bertz CT molecular complexity index is 1070. The number of fused-ring (bicyclic) bond motifs is 1. The van der Waals surface area contributed by atoms with Gasteiger partial charge in [0.1, 0.15) is 5.82 Å². The number of piperidine rings is 1. The maximum absolute atomic E-state index is 12.0. The van der Waals surface area contributed by atoms with Crippen LogP contribution in [0.2, 0.25) is 0 Å². The number of carbonyl (C=O) groups is 1. The molecule has 2 aromatic carbocycles. The third kappa shape index (κ3) is 3.77. The normalized spacial score (nSPS) is 21.6. The smallest absolute Gasteiger partial charge is 0.217 e. The SMILES string of the molecule is CSc1ccc2c(C)cc(N3CC[C@](NC(C)=O)(c4ccccc4)[C@H](O)C3)nc2c1. The minimum atomic E-state index is -0.790. The fourth-order valence-electron chi connectivity index (χ4n) is 4.40. The van der Waals surface area contributed by atoms with Crippen molar-refractivity contribution in [2.75, 3.05) is 24.2 Å². The van der Waals surface area contributed by atoms with Gasteiger partial charge < -0.3 is 15.3 Å². The fourth-order valence-corrected chi connectivity index (χ4v) is 4.83. The summed E-state index contributed by atoms with van der Waals surface area (Å²) in [6, 6.07) is 18.2. The van der Waals surface area contributed by atoms with Crippen LogP contribution < -0.4 is 10.2 Å². The van der Waals surface area contributed by atoms with Gasteiger partial charge in [-0.1, -0.05) is 36.4 Å². The van der Waals surface area contributed by atoms with Crippen LogP contribution >= 0.6 is 11.8 Å². The maximum Gasteiger partial charge on any atom is 0.217 e. The van der Waals surface area contributed by atoms with Gasteiger partial charge in [0, 0.05) is 30.3 Å². The number of aryl methyl sites for hydroxylation is 1. The lowest BCUT2D eigenvalue weighted by Crippen LogP contribution is -2.61. The molecule has 1 aliphatic heterocycles. The van der Waals surface area contributed by atoms with Crippen LogP contribution in [-0.4, -0.2) is 41.4 Å². The van der Waals surface area contributed by atoms with Crippen molar-refractivity contribution in [3.63, 3.8) is 0 Å². The van der Waals surface area contributed by atoms with Gasteiger partial charge in [-0.2, -0.15) is 0 Å². The Kier molecular flexibility index (Phi) is 5.71. The van der Waals surface area contributed by atoms with Crippen LogP contribution in [0.25, 0.3) is 10.9 Å². The standard InChI is InChI=1S/C24H27N3O2S/c1-16-13-23(25-21-14-19(30-3)9-10-20(16)21)27-12-11-24(22(29)15-27,26-17(2)28)18-7-5-4-6-8-18/h4-10,13-14,22,29H,11-12,15H2,1-3H3,(H,26,28)/t22-,24+/m1/s1. The van der Waals surface area contributed by atoms with Crippen LogP contribution in [-0.2, 0) is 10.3 Å². The predicted octanol–water partition coefficient (Wildman–Crippen LogP) is 3.87. The molecule has 1 amide bonds. The zero-order valence-electron chi connectivity index (χ0n) is 17.6. The van der Waals surface area contributed by atoms with Crippen molar-refractivity contribution in [2.24, 2.45) is 0 Å². The number of amides is 1. The lowest BCUT2D eigenvalue weighted by molar-refractivity contribution is -0.123. The van der Waals surface area contributed by atoms with E-state index in [4.69, 9.17) is 4.98 Å². The summed E-state index contributed by atoms with van der Waals surface area (Å²) < 4.78 is 0. The Balaban J connectivity index is 1.67. The number of pyridine rings is 1. The van der Waals surface area contributed by atoms with Crippen LogP contribution in [0.4, 0.5) is 5.82 Å². The van der Waals surface area contributed by atoms with E-state index in [0.717, 1.165) is 22.3 Å². The molecule has 2 atom stereocenters. The molecule has 5 nitrogen and oxygen atoms in total. The number of nitrogens with zero attached hydrogens (tertiary/aromatic N) is 2. The van der Waals surface area contributed by atoms with Crippen LogP contribution in [0.1, 0.15) is 24.5 Å². The molecular formula is C24H27N3O2S. The average Bonchev–Trinajstić information content (AvgIpc) is 2.75. The first-order valence-electron chi connectivity index (χ1n) is 10.2. The molecule has 1 aromatic heterocycles. The summed E-state index contributed by atoms with van der Waals surface area (Å²) in [6.07, 6.45) is 1.90. The first-order valence-corrected chi connectivity index (χ1v) is 11.4. The van der Waals surface area contributed by atoms with Crippen LogP contribution in [0.15, 0.2) is 59.5 Å². The van der Waals surface area contributed by atoms with Gasteiger partial charge in [-0.05, 0) is 48.9 Å². The van der Waals surface area contributed by atoms with Gasteiger partial charge in [0.2, 0.25) is 5.91 Å². The average molecular weight is 422 g/mol. The third-order valence-electron chi connectivity index (χ3n) is 5.96. The van der Waals surface area contributed by atoms with Gasteiger partial charge in [-0.3, -0.25) is 4.79 Å². The Morgan fingerprint density at radius 2 is 2.00 bits per heavy atom. The molecule has 0 bridgehead atoms. The summed E-state index contributed by atoms with van der Waals surface area (Å²) in [7, 11) is 0. The lowest BCUT2D eigenvalue weighted by Gasteiger charge is -2.46. The Morgan fingerprint density at radius 3 is 2.67 bits per heavy atom. The maximum atomic E-state index is 12.0. The molecule has 0 saturated carbocycles. The monoisotopic (exact) mass is 421 g/mol. The molecule has 1 aliphatic rings. The number of aliphatic hydroxyl groups excluding tert-OH is 1. The highest BCUT2D eigenvalue weighted by Gasteiger charge is 2.44. The van der Waals surface area contributed by atoms with Gasteiger partial charge in [0.15, 0.2) is 0 Å². The molecule has 6 heteroatoms. The summed E-state index contributed by atoms with van der Waals surface area (Å²) in [6.45, 7) is 4.68. The molecule has 2 heterocycles. The summed E-state index contributed by atoms with van der Waals surface area (Å²) in [4.78, 5) is 20.2. The topological polar surface area (TPSA) is 65.5 Å². The molecule has 1 saturated heterocycles. The summed E-state index contributed by atoms with van der Waals surface area (Å²) in [5, 5.41) is 15.4. The summed E-state index contributed by atoms with van der Waals surface area (Å²) >= 11 is 1.70. The second-order valence-corrected chi connectivity index (χ2v) is 8.79. The number of carbonyl (C=O) groups excluding carboxylic acids is 1. The van der Waals surface area contributed by atoms with E-state index in [1.807, 2.05) is 30.3 Å². The molecular weight excluding hydrogens is 394 g/mol. The second-order valence-electron chi connectivity index (χ2n) is 7.91. The zero-order chi connectivity index (χ0) is 21.3. The minimum absolute atomic E-state index is 0.143. The van der Waals surface area contributed by atoms with Crippen molar-refractivity contribution in [1.82, 2.24) is 10.3 Å². The Hall–Kier alpha value is -2.57. The van der Waals surface area contributed by atoms with Crippen molar-refractivity contribution in [3.8, 4) is 0 Å². The number of benzene rings is 2. The highest BCUT2D eigenvalue weighted by atomic mass is 32.2. The Morgan fingerprint density at radius 1 is 1.23 bits per heavy atom. The van der Waals surface area contributed by atoms with E-state index in [2.05, 4.69) is 47.7 Å². The van der Waals surface area contributed by atoms with Gasteiger partial charge in [0.25, 0.3) is 0 Å². The first kappa shape index (κ1) is 20.7. The van der Waals surface area contributed by atoms with Gasteiger partial charge in [0.05, 0.1) is 17.2 Å². The highest BCUT2D eigenvalue weighted by Crippen LogP contribution is 2.35. The van der Waals surface area contributed by atoms with Crippen molar-refractivity contribution < 1.29 is 9.90 Å². The molecule has 4 rings (SSSR count). The molecule has 156 valence electrons. The van der Waals surface area contributed by atoms with Gasteiger partial charge in [-0.15, -0.1) is 11.8 Å². The van der Waals surface area contributed by atoms with Crippen molar-refractivity contribution >= 4 is 34.4 Å². The summed E-state index contributed by atoms with van der Waals surface area (Å²) in [5.74, 6) is 0.720. The predicted molar refractivity (Wildman–Crippen MR) is 123 cm³/mol. The van der Waals surface area contributed by atoms with E-state index < -0.39 is 11.6 Å². The second kappa shape index (κ2) is 8.28. The molecule has 2 N–H and O–H groups in total. The summed E-state index contributed by atoms with van der Waals surface area (Å²) in [5.41, 5.74) is 2.27. The Labute approximate surface area is 181 Å². The van der Waals surface area contributed by atoms with Crippen LogP contribution in [0, 0.1) is 6.92 Å². The number of rotatable bonds is 4. The van der Waals surface area contributed by atoms with Crippen molar-refractivity contribution in [2.45, 2.75) is 36.8 Å². The molecule has 0 unspecified atom stereocenters. The number of anilines is 1. The van der Waals surface area contributed by atoms with E-state index >= 15 is 0 Å². The number of hydrogen-bond donors (Lipinski definition) is 2. The van der Waals surface area contributed by atoms with E-state index in [9.17, 15) is 9.90 Å². The van der Waals surface area contributed by atoms with Gasteiger partial charge in [-0.25, -0.2) is 4.98 Å². The number of aliphatic hydroxyl groups is 1. The molecule has 0 radical (unpaired) electrons. The number of aromatic nitrogens is 1. The molecule has 0 aliphatic carbocycles. The first-order chi connectivity index (χ1) is 14.4. The largest absolute Gasteiger partial charge is 0.388 e. The van der Waals surface area contributed by atoms with E-state index in [0.29, 0.717) is 19.5 Å². The number of thioether (sulfide) groups is 1. The zero-order valence-corrected chi connectivity index (χ0v) is 18.4. The van der Waals surface area contributed by atoms with Crippen LogP contribution in [0.3, 0.4) is 0 Å². The third-order valence-corrected chi connectivity index (χ3v) is 6.69. The molecule has 3 aromatic rings. The minimum Gasteiger partial charge on any atom is -0.388 e. The fraction of sp³-hybridized carbons (Fsp3) is 0.333. The van der Waals surface area contributed by atoms with Crippen LogP contribution in [0.5, 0.6) is 0 Å². The number of hydrogen-bond acceptors (Lipinski definition) is 5. The van der Waals surface area contributed by atoms with Crippen molar-refractivity contribution in [1.29, 1.82) is 0 Å². The number of β-amino-alcohol motifs (C(OH)–C–C–N with tert-alkyl or cyclic N) is 1. The van der Waals surface area contributed by atoms with E-state index in [1.165, 1.54) is 17.4 Å². The van der Waals surface area contributed by atoms with E-state index in [1.54, 1.807) is 11.8 Å². The highest BCUT2D eigenvalue weighted by molar-refractivity contribution is 7.98. The quantitative estimate of drug-likeness (QED) is 0.626. The van der Waals surface area contributed by atoms with E-state index in [-0.39, 0.29) is 5.91 Å². The molecule has 1 fully saturated rings. The molecule has 30 heavy (non-hydrogen) atoms. The number of nitrogens with one attached hydrogen (secondary N) is 1. The lowest BCUT2D eigenvalue weighted by atomic mass is 9.78.